The van der Waals surface area contributed by atoms with E-state index in [1.807, 2.05) is 18.2 Å². The van der Waals surface area contributed by atoms with Gasteiger partial charge in [-0.25, -0.2) is 13.2 Å². The highest BCUT2D eigenvalue weighted by molar-refractivity contribution is 5.32. The van der Waals surface area contributed by atoms with Crippen LogP contribution in [0.25, 0.3) is 0 Å². The molecule has 182 valence electrons. The van der Waals surface area contributed by atoms with Gasteiger partial charge in [0.15, 0.2) is 11.6 Å². The SMILES string of the molecule is C=CC1CCC(c2ccc(C3CCC(OCC4CCC(OC)C=C4F)CC3)c(F)c2F)CC1. The molecule has 2 nitrogen and oxygen atoms in total. The molecular formula is C28H37F3O2. The Labute approximate surface area is 196 Å². The molecule has 0 spiro atoms. The van der Waals surface area contributed by atoms with Gasteiger partial charge in [-0.1, -0.05) is 18.2 Å². The van der Waals surface area contributed by atoms with E-state index < -0.39 is 11.6 Å². The molecule has 0 aromatic heterocycles. The van der Waals surface area contributed by atoms with Gasteiger partial charge in [-0.15, -0.1) is 6.58 Å². The van der Waals surface area contributed by atoms with E-state index in [2.05, 4.69) is 6.58 Å². The zero-order chi connectivity index (χ0) is 23.4. The van der Waals surface area contributed by atoms with Crippen molar-refractivity contribution in [3.63, 3.8) is 0 Å². The lowest BCUT2D eigenvalue weighted by molar-refractivity contribution is 0.000158. The van der Waals surface area contributed by atoms with Gasteiger partial charge in [-0.2, -0.15) is 0 Å². The number of allylic oxidation sites excluding steroid dienone is 1. The molecule has 2 unspecified atom stereocenters. The van der Waals surface area contributed by atoms with Crippen LogP contribution in [0.5, 0.6) is 0 Å². The van der Waals surface area contributed by atoms with Crippen LogP contribution in [0.3, 0.4) is 0 Å². The van der Waals surface area contributed by atoms with E-state index in [1.54, 1.807) is 13.2 Å². The van der Waals surface area contributed by atoms with E-state index in [0.717, 1.165) is 64.2 Å². The van der Waals surface area contributed by atoms with Gasteiger partial charge < -0.3 is 9.47 Å². The monoisotopic (exact) mass is 462 g/mol. The summed E-state index contributed by atoms with van der Waals surface area (Å²) in [6, 6.07) is 3.63. The first-order chi connectivity index (χ1) is 16.0. The van der Waals surface area contributed by atoms with Gasteiger partial charge in [0.2, 0.25) is 0 Å². The zero-order valence-electron chi connectivity index (χ0n) is 19.7. The summed E-state index contributed by atoms with van der Waals surface area (Å²) in [5.41, 5.74) is 1.04. The maximum atomic E-state index is 15.1. The number of halogens is 3. The van der Waals surface area contributed by atoms with Crippen LogP contribution >= 0.6 is 0 Å². The summed E-state index contributed by atoms with van der Waals surface area (Å²) in [5.74, 6) is -1.04. The Hall–Kier alpha value is -1.59. The Morgan fingerprint density at radius 3 is 1.94 bits per heavy atom. The average Bonchev–Trinajstić information content (AvgIpc) is 2.85. The third kappa shape index (κ3) is 5.74. The largest absolute Gasteiger partial charge is 0.377 e. The van der Waals surface area contributed by atoms with Gasteiger partial charge in [0, 0.05) is 13.0 Å². The van der Waals surface area contributed by atoms with Gasteiger partial charge in [0.1, 0.15) is 5.83 Å². The third-order valence-corrected chi connectivity index (χ3v) is 8.17. The Morgan fingerprint density at radius 2 is 1.42 bits per heavy atom. The summed E-state index contributed by atoms with van der Waals surface area (Å²) in [6.07, 6.45) is 11.9. The van der Waals surface area contributed by atoms with Crippen LogP contribution < -0.4 is 0 Å². The van der Waals surface area contributed by atoms with Crippen LogP contribution in [0.4, 0.5) is 13.2 Å². The molecule has 1 aromatic rings. The lowest BCUT2D eigenvalue weighted by atomic mass is 9.77. The molecule has 5 heteroatoms. The summed E-state index contributed by atoms with van der Waals surface area (Å²) in [6.45, 7) is 4.24. The summed E-state index contributed by atoms with van der Waals surface area (Å²) in [5, 5.41) is 0. The van der Waals surface area contributed by atoms with Crippen molar-refractivity contribution in [3.05, 3.63) is 59.5 Å². The van der Waals surface area contributed by atoms with Crippen molar-refractivity contribution < 1.29 is 22.6 Å². The molecule has 0 heterocycles. The van der Waals surface area contributed by atoms with Gasteiger partial charge in [0.05, 0.1) is 18.8 Å². The van der Waals surface area contributed by atoms with E-state index in [4.69, 9.17) is 9.47 Å². The zero-order valence-corrected chi connectivity index (χ0v) is 19.7. The van der Waals surface area contributed by atoms with E-state index in [9.17, 15) is 4.39 Å². The second-order valence-electron chi connectivity index (χ2n) is 10.1. The fraction of sp³-hybridized carbons (Fsp3) is 0.643. The highest BCUT2D eigenvalue weighted by Gasteiger charge is 2.30. The van der Waals surface area contributed by atoms with Crippen molar-refractivity contribution in [3.8, 4) is 0 Å². The lowest BCUT2D eigenvalue weighted by Gasteiger charge is -2.31. The highest BCUT2D eigenvalue weighted by atomic mass is 19.2. The molecule has 0 bridgehead atoms. The van der Waals surface area contributed by atoms with E-state index in [0.29, 0.717) is 23.7 Å². The van der Waals surface area contributed by atoms with Crippen LogP contribution in [-0.4, -0.2) is 25.9 Å². The van der Waals surface area contributed by atoms with E-state index in [-0.39, 0.29) is 35.8 Å². The van der Waals surface area contributed by atoms with Gasteiger partial charge >= 0.3 is 0 Å². The van der Waals surface area contributed by atoms with Gasteiger partial charge in [-0.05, 0) is 99.2 Å². The van der Waals surface area contributed by atoms with Crippen LogP contribution in [0.2, 0.25) is 0 Å². The first-order valence-corrected chi connectivity index (χ1v) is 12.6. The van der Waals surface area contributed by atoms with Crippen LogP contribution in [0.15, 0.2) is 36.7 Å². The van der Waals surface area contributed by atoms with Crippen molar-refractivity contribution in [1.82, 2.24) is 0 Å². The second kappa shape index (κ2) is 11.2. The molecule has 4 rings (SSSR count). The molecule has 2 fully saturated rings. The standard InChI is InChI=1S/C28H37F3O2/c1-3-18-4-6-19(7-5-18)24-14-15-25(28(31)27(24)30)20-8-11-22(12-9-20)33-17-21-10-13-23(32-2)16-26(21)29/h3,14-16,18-23H,1,4-13,17H2,2H3. The second-order valence-corrected chi connectivity index (χ2v) is 10.1. The molecule has 2 saturated carbocycles. The predicted molar refractivity (Wildman–Crippen MR) is 125 cm³/mol. The number of hydrogen-bond donors (Lipinski definition) is 0. The molecule has 0 aliphatic heterocycles. The molecule has 0 N–H and O–H groups in total. The minimum atomic E-state index is -0.662. The fourth-order valence-electron chi connectivity index (χ4n) is 5.92. The normalized spacial score (nSPS) is 32.9. The van der Waals surface area contributed by atoms with Gasteiger partial charge in [-0.3, -0.25) is 0 Å². The molecule has 3 aliphatic rings. The minimum Gasteiger partial charge on any atom is -0.377 e. The van der Waals surface area contributed by atoms with Crippen molar-refractivity contribution >= 4 is 0 Å². The molecule has 2 atom stereocenters. The highest BCUT2D eigenvalue weighted by Crippen LogP contribution is 2.41. The topological polar surface area (TPSA) is 18.5 Å². The third-order valence-electron chi connectivity index (χ3n) is 8.17. The number of ether oxygens (including phenoxy) is 2. The van der Waals surface area contributed by atoms with Crippen molar-refractivity contribution in [2.24, 2.45) is 11.8 Å². The minimum absolute atomic E-state index is 0.0127. The maximum absolute atomic E-state index is 15.1. The Bertz CT molecular complexity index is 836. The first kappa shape index (κ1) is 24.5. The van der Waals surface area contributed by atoms with Crippen LogP contribution in [0.1, 0.15) is 87.2 Å². The molecular weight excluding hydrogens is 425 g/mol. The fourth-order valence-corrected chi connectivity index (χ4v) is 5.92. The maximum Gasteiger partial charge on any atom is 0.162 e. The molecule has 1 aromatic carbocycles. The lowest BCUT2D eigenvalue weighted by Crippen LogP contribution is -2.26. The summed E-state index contributed by atoms with van der Waals surface area (Å²) < 4.78 is 55.5. The number of methoxy groups -OCH3 is 1. The van der Waals surface area contributed by atoms with Crippen molar-refractivity contribution in [1.29, 1.82) is 0 Å². The summed E-state index contributed by atoms with van der Waals surface area (Å²) in [7, 11) is 1.60. The number of benzene rings is 1. The first-order valence-electron chi connectivity index (χ1n) is 12.6. The van der Waals surface area contributed by atoms with Crippen molar-refractivity contribution in [2.75, 3.05) is 13.7 Å². The van der Waals surface area contributed by atoms with Crippen LogP contribution in [-0.2, 0) is 9.47 Å². The van der Waals surface area contributed by atoms with Crippen LogP contribution in [0, 0.1) is 23.5 Å². The predicted octanol–water partition coefficient (Wildman–Crippen LogP) is 7.75. The Balaban J connectivity index is 1.30. The molecule has 0 saturated heterocycles. The molecule has 33 heavy (non-hydrogen) atoms. The Morgan fingerprint density at radius 1 is 0.848 bits per heavy atom. The number of hydrogen-bond acceptors (Lipinski definition) is 2. The summed E-state index contributed by atoms with van der Waals surface area (Å²) >= 11 is 0. The average molecular weight is 463 g/mol. The van der Waals surface area contributed by atoms with E-state index >= 15 is 8.78 Å². The van der Waals surface area contributed by atoms with Crippen molar-refractivity contribution in [2.45, 2.75) is 88.3 Å². The quantitative estimate of drug-likeness (QED) is 0.386. The molecule has 0 radical (unpaired) electrons. The Kier molecular flexibility index (Phi) is 8.34. The van der Waals surface area contributed by atoms with E-state index in [1.165, 1.54) is 0 Å². The molecule has 3 aliphatic carbocycles. The smallest absolute Gasteiger partial charge is 0.162 e. The van der Waals surface area contributed by atoms with Gasteiger partial charge in [0.25, 0.3) is 0 Å². The summed E-state index contributed by atoms with van der Waals surface area (Å²) in [4.78, 5) is 0. The number of rotatable bonds is 7. The molecule has 0 amide bonds.